The number of rotatable bonds is 3. The van der Waals surface area contributed by atoms with Gasteiger partial charge < -0.3 is 10.6 Å². The van der Waals surface area contributed by atoms with Crippen molar-refractivity contribution >= 4 is 32.5 Å². The molecule has 2 aromatic rings. The lowest BCUT2D eigenvalue weighted by molar-refractivity contribution is 0.306. The van der Waals surface area contributed by atoms with Gasteiger partial charge in [0.2, 0.25) is 0 Å². The van der Waals surface area contributed by atoms with E-state index in [2.05, 4.69) is 57.1 Å². The van der Waals surface area contributed by atoms with E-state index in [1.807, 2.05) is 6.20 Å². The predicted molar refractivity (Wildman–Crippen MR) is 92.6 cm³/mol. The van der Waals surface area contributed by atoms with Gasteiger partial charge in [-0.1, -0.05) is 40.9 Å². The first-order chi connectivity index (χ1) is 10.2. The average molecular weight is 348 g/mol. The number of aromatic nitrogens is 1. The Morgan fingerprint density at radius 1 is 1.24 bits per heavy atom. The van der Waals surface area contributed by atoms with Crippen molar-refractivity contribution in [2.75, 3.05) is 18.5 Å². The largest absolute Gasteiger partial charge is 0.356 e. The summed E-state index contributed by atoms with van der Waals surface area (Å²) in [6.45, 7) is 0.767. The molecular formula is C17H22BrN3. The van der Waals surface area contributed by atoms with Crippen LogP contribution in [0.3, 0.4) is 0 Å². The molecule has 1 heterocycles. The number of fused-ring (bicyclic) bond motifs is 1. The van der Waals surface area contributed by atoms with Gasteiger partial charge in [-0.2, -0.15) is 0 Å². The third-order valence-corrected chi connectivity index (χ3v) is 5.43. The highest BCUT2D eigenvalue weighted by atomic mass is 79.9. The van der Waals surface area contributed by atoms with Crippen LogP contribution in [0.15, 0.2) is 34.9 Å². The normalized spacial score (nSPS) is 22.4. The van der Waals surface area contributed by atoms with Crippen LogP contribution in [0, 0.1) is 5.92 Å². The van der Waals surface area contributed by atoms with Crippen molar-refractivity contribution in [1.29, 1.82) is 0 Å². The van der Waals surface area contributed by atoms with Gasteiger partial charge in [0.15, 0.2) is 0 Å². The number of anilines is 1. The molecule has 112 valence electrons. The van der Waals surface area contributed by atoms with Crippen LogP contribution in [0.25, 0.3) is 10.8 Å². The molecule has 1 fully saturated rings. The second-order valence-corrected chi connectivity index (χ2v) is 6.78. The molecule has 3 nitrogen and oxygen atoms in total. The Kier molecular flexibility index (Phi) is 4.45. The minimum absolute atomic E-state index is 0.501. The Bertz CT molecular complexity index is 628. The van der Waals surface area contributed by atoms with Gasteiger partial charge in [-0.25, -0.2) is 4.98 Å². The topological polar surface area (TPSA) is 42.2 Å². The SMILES string of the molecule is CN(c1nccc2c(Br)cccc12)C1CCCCC1CN. The van der Waals surface area contributed by atoms with Crippen LogP contribution < -0.4 is 10.6 Å². The fraction of sp³-hybridized carbons (Fsp3) is 0.471. The van der Waals surface area contributed by atoms with Crippen molar-refractivity contribution in [1.82, 2.24) is 4.98 Å². The van der Waals surface area contributed by atoms with Crippen LogP contribution in [0.4, 0.5) is 5.82 Å². The Balaban J connectivity index is 2.01. The molecule has 2 atom stereocenters. The van der Waals surface area contributed by atoms with Crippen LogP contribution in [0.5, 0.6) is 0 Å². The zero-order valence-corrected chi connectivity index (χ0v) is 14.0. The highest BCUT2D eigenvalue weighted by Crippen LogP contribution is 2.34. The summed E-state index contributed by atoms with van der Waals surface area (Å²) >= 11 is 3.64. The lowest BCUT2D eigenvalue weighted by atomic mass is 9.83. The second-order valence-electron chi connectivity index (χ2n) is 5.93. The average Bonchev–Trinajstić information content (AvgIpc) is 2.54. The maximum Gasteiger partial charge on any atom is 0.136 e. The number of benzene rings is 1. The van der Waals surface area contributed by atoms with Crippen LogP contribution in [0.1, 0.15) is 25.7 Å². The first kappa shape index (κ1) is 14.8. The Morgan fingerprint density at radius 2 is 2.05 bits per heavy atom. The molecule has 1 aromatic heterocycles. The first-order valence-corrected chi connectivity index (χ1v) is 8.48. The van der Waals surface area contributed by atoms with Gasteiger partial charge in [-0.15, -0.1) is 0 Å². The van der Waals surface area contributed by atoms with Gasteiger partial charge in [0, 0.05) is 34.5 Å². The van der Waals surface area contributed by atoms with Gasteiger partial charge in [-0.3, -0.25) is 0 Å². The maximum absolute atomic E-state index is 5.99. The minimum atomic E-state index is 0.501. The fourth-order valence-electron chi connectivity index (χ4n) is 3.56. The van der Waals surface area contributed by atoms with Crippen molar-refractivity contribution in [2.45, 2.75) is 31.7 Å². The summed E-state index contributed by atoms with van der Waals surface area (Å²) in [5.74, 6) is 1.65. The number of halogens is 1. The Labute approximate surface area is 134 Å². The molecule has 1 aliphatic carbocycles. The summed E-state index contributed by atoms with van der Waals surface area (Å²) in [5.41, 5.74) is 5.99. The summed E-state index contributed by atoms with van der Waals surface area (Å²) in [4.78, 5) is 7.01. The van der Waals surface area contributed by atoms with E-state index >= 15 is 0 Å². The summed E-state index contributed by atoms with van der Waals surface area (Å²) in [5, 5.41) is 2.42. The van der Waals surface area contributed by atoms with E-state index in [0.29, 0.717) is 12.0 Å². The van der Waals surface area contributed by atoms with E-state index in [4.69, 9.17) is 5.73 Å². The zero-order chi connectivity index (χ0) is 14.8. The number of nitrogens with two attached hydrogens (primary N) is 1. The third kappa shape index (κ3) is 2.79. The van der Waals surface area contributed by atoms with Crippen molar-refractivity contribution in [3.05, 3.63) is 34.9 Å². The molecule has 2 N–H and O–H groups in total. The van der Waals surface area contributed by atoms with Crippen LogP contribution >= 0.6 is 15.9 Å². The number of pyridine rings is 1. The van der Waals surface area contributed by atoms with Gasteiger partial charge in [0.25, 0.3) is 0 Å². The maximum atomic E-state index is 5.99. The standard InChI is InChI=1S/C17H22BrN3/c1-21(16-8-3-2-5-12(16)11-19)17-14-6-4-7-15(18)13(14)9-10-20-17/h4,6-7,9-10,12,16H,2-3,5,8,11,19H2,1H3. The summed E-state index contributed by atoms with van der Waals surface area (Å²) < 4.78 is 1.12. The molecule has 0 saturated heterocycles. The van der Waals surface area contributed by atoms with E-state index in [1.54, 1.807) is 0 Å². The quantitative estimate of drug-likeness (QED) is 0.913. The van der Waals surface area contributed by atoms with Gasteiger partial charge in [0.1, 0.15) is 5.82 Å². The van der Waals surface area contributed by atoms with Crippen LogP contribution in [0.2, 0.25) is 0 Å². The molecule has 0 bridgehead atoms. The number of hydrogen-bond acceptors (Lipinski definition) is 3. The lowest BCUT2D eigenvalue weighted by Gasteiger charge is -2.38. The molecule has 1 saturated carbocycles. The molecule has 0 aliphatic heterocycles. The molecular weight excluding hydrogens is 326 g/mol. The van der Waals surface area contributed by atoms with Crippen molar-refractivity contribution in [3.8, 4) is 0 Å². The van der Waals surface area contributed by atoms with Crippen LogP contribution in [-0.4, -0.2) is 24.6 Å². The molecule has 0 radical (unpaired) electrons. The molecule has 4 heteroatoms. The van der Waals surface area contributed by atoms with E-state index < -0.39 is 0 Å². The minimum Gasteiger partial charge on any atom is -0.356 e. The molecule has 21 heavy (non-hydrogen) atoms. The van der Waals surface area contributed by atoms with Crippen molar-refractivity contribution in [2.24, 2.45) is 11.7 Å². The highest BCUT2D eigenvalue weighted by molar-refractivity contribution is 9.10. The summed E-state index contributed by atoms with van der Waals surface area (Å²) in [6, 6.07) is 8.88. The smallest absolute Gasteiger partial charge is 0.136 e. The summed E-state index contributed by atoms with van der Waals surface area (Å²) in [6.07, 6.45) is 6.95. The monoisotopic (exact) mass is 347 g/mol. The summed E-state index contributed by atoms with van der Waals surface area (Å²) in [7, 11) is 2.17. The van der Waals surface area contributed by atoms with Gasteiger partial charge in [0.05, 0.1) is 0 Å². The third-order valence-electron chi connectivity index (χ3n) is 4.74. The van der Waals surface area contributed by atoms with Crippen LogP contribution in [-0.2, 0) is 0 Å². The molecule has 1 aliphatic rings. The number of hydrogen-bond donors (Lipinski definition) is 1. The molecule has 1 aromatic carbocycles. The molecule has 3 rings (SSSR count). The van der Waals surface area contributed by atoms with E-state index in [9.17, 15) is 0 Å². The van der Waals surface area contributed by atoms with Gasteiger partial charge >= 0.3 is 0 Å². The Morgan fingerprint density at radius 3 is 2.86 bits per heavy atom. The van der Waals surface area contributed by atoms with Gasteiger partial charge in [-0.05, 0) is 37.4 Å². The van der Waals surface area contributed by atoms with Crippen molar-refractivity contribution in [3.63, 3.8) is 0 Å². The predicted octanol–water partition coefficient (Wildman–Crippen LogP) is 3.95. The first-order valence-electron chi connectivity index (χ1n) is 7.68. The molecule has 0 amide bonds. The molecule has 0 spiro atoms. The van der Waals surface area contributed by atoms with Crippen molar-refractivity contribution < 1.29 is 0 Å². The lowest BCUT2D eigenvalue weighted by Crippen LogP contribution is -2.43. The number of nitrogens with zero attached hydrogens (tertiary/aromatic N) is 2. The van der Waals surface area contributed by atoms with E-state index in [1.165, 1.54) is 36.5 Å². The van der Waals surface area contributed by atoms with E-state index in [-0.39, 0.29) is 0 Å². The second kappa shape index (κ2) is 6.32. The molecule has 2 unspecified atom stereocenters. The van der Waals surface area contributed by atoms with E-state index in [0.717, 1.165) is 16.8 Å². The highest BCUT2D eigenvalue weighted by Gasteiger charge is 2.28. The fourth-order valence-corrected chi connectivity index (χ4v) is 4.06. The Hall–Kier alpha value is -1.13. The zero-order valence-electron chi connectivity index (χ0n) is 12.4.